The van der Waals surface area contributed by atoms with Crippen LogP contribution in [-0.4, -0.2) is 112 Å². The predicted octanol–water partition coefficient (Wildman–Crippen LogP) is 3.24. The number of hydrogen-bond donors (Lipinski definition) is 2. The smallest absolute Gasteiger partial charge is 0.311 e. The molecule has 0 unspecified atom stereocenters. The molecular formula is C36H36FN5O7S4. The first-order valence-corrected chi connectivity index (χ1v) is 21.7. The molecule has 12 rings (SSSR count). The van der Waals surface area contributed by atoms with Crippen molar-refractivity contribution in [1.82, 2.24) is 19.6 Å². The van der Waals surface area contributed by atoms with Crippen LogP contribution < -0.4 is 5.32 Å². The second kappa shape index (κ2) is 9.81. The van der Waals surface area contributed by atoms with Gasteiger partial charge in [-0.2, -0.15) is 0 Å². The number of piperazine rings is 2. The molecule has 8 saturated heterocycles. The van der Waals surface area contributed by atoms with E-state index in [0.717, 1.165) is 21.6 Å². The Labute approximate surface area is 320 Å². The normalized spacial score (nSPS) is 42.7. The molecule has 2 N–H and O–H groups in total. The first-order chi connectivity index (χ1) is 24.8. The molecule has 10 aliphatic rings. The van der Waals surface area contributed by atoms with Gasteiger partial charge < -0.3 is 29.9 Å². The van der Waals surface area contributed by atoms with Crippen molar-refractivity contribution in [2.24, 2.45) is 5.41 Å². The van der Waals surface area contributed by atoms with E-state index in [2.05, 4.69) is 5.32 Å². The summed E-state index contributed by atoms with van der Waals surface area (Å²) in [6.07, 6.45) is -4.29. The van der Waals surface area contributed by atoms with E-state index in [1.54, 1.807) is 60.8 Å². The molecule has 17 heteroatoms. The molecular weight excluding hydrogens is 762 g/mol. The van der Waals surface area contributed by atoms with Crippen LogP contribution in [0.4, 0.5) is 10.1 Å². The Balaban J connectivity index is 1.39. The summed E-state index contributed by atoms with van der Waals surface area (Å²) in [5.41, 5.74) is -2.65. The number of halogens is 1. The molecule has 4 amide bonds. The second-order valence-electron chi connectivity index (χ2n) is 16.6. The van der Waals surface area contributed by atoms with Crippen LogP contribution in [0.2, 0.25) is 0 Å². The van der Waals surface area contributed by atoms with E-state index in [-0.39, 0.29) is 6.42 Å². The molecule has 2 aromatic rings. The van der Waals surface area contributed by atoms with Crippen LogP contribution in [0.25, 0.3) is 0 Å². The third kappa shape index (κ3) is 3.25. The quantitative estimate of drug-likeness (QED) is 0.341. The van der Waals surface area contributed by atoms with Gasteiger partial charge in [0, 0.05) is 19.8 Å². The lowest BCUT2D eigenvalue weighted by molar-refractivity contribution is -0.177. The summed E-state index contributed by atoms with van der Waals surface area (Å²) in [4.78, 5) is 73.9. The molecule has 0 aromatic heterocycles. The zero-order chi connectivity index (χ0) is 37.8. The Morgan fingerprint density at radius 2 is 1.45 bits per heavy atom. The van der Waals surface area contributed by atoms with Crippen LogP contribution in [0, 0.1) is 11.2 Å². The zero-order valence-electron chi connectivity index (χ0n) is 29.8. The number of aliphatic hydroxyl groups excluding tert-OH is 1. The van der Waals surface area contributed by atoms with Crippen LogP contribution >= 0.6 is 43.2 Å². The van der Waals surface area contributed by atoms with Gasteiger partial charge in [0.1, 0.15) is 18.1 Å². The summed E-state index contributed by atoms with van der Waals surface area (Å²) in [7, 11) is 7.75. The predicted molar refractivity (Wildman–Crippen MR) is 198 cm³/mol. The van der Waals surface area contributed by atoms with Gasteiger partial charge in [0.25, 0.3) is 23.6 Å². The number of benzene rings is 2. The lowest BCUT2D eigenvalue weighted by Crippen LogP contribution is -2.77. The molecule has 9 aliphatic heterocycles. The number of nitrogens with one attached hydrogen (secondary N) is 1. The molecule has 10 atom stereocenters. The van der Waals surface area contributed by atoms with Crippen molar-refractivity contribution in [1.29, 1.82) is 0 Å². The number of carbonyl (C=O) groups is 5. The highest BCUT2D eigenvalue weighted by Gasteiger charge is 2.93. The van der Waals surface area contributed by atoms with Gasteiger partial charge in [-0.15, -0.1) is 0 Å². The summed E-state index contributed by atoms with van der Waals surface area (Å²) in [6.45, 7) is 8.43. The number of fused-ring (bicyclic) bond motifs is 11. The maximum atomic E-state index is 15.9. The summed E-state index contributed by atoms with van der Waals surface area (Å²) in [5, 5.41) is 17.2. The van der Waals surface area contributed by atoms with Gasteiger partial charge in [0.15, 0.2) is 15.8 Å². The number of esters is 1. The highest BCUT2D eigenvalue weighted by atomic mass is 33.1. The summed E-state index contributed by atoms with van der Waals surface area (Å²) >= 11 is 0. The van der Waals surface area contributed by atoms with Gasteiger partial charge in [0.2, 0.25) is 9.74 Å². The van der Waals surface area contributed by atoms with Gasteiger partial charge >= 0.3 is 5.97 Å². The van der Waals surface area contributed by atoms with Crippen molar-refractivity contribution in [2.45, 2.75) is 95.8 Å². The number of nitrogens with zero attached hydrogens (tertiary/aromatic N) is 4. The number of likely N-dealkylation sites (N-methyl/N-ethyl adjacent to an activating group) is 2. The fraction of sp³-hybridized carbons (Fsp3) is 0.528. The van der Waals surface area contributed by atoms with Gasteiger partial charge in [-0.3, -0.25) is 28.9 Å². The average Bonchev–Trinajstić information content (AvgIpc) is 3.76. The van der Waals surface area contributed by atoms with Crippen molar-refractivity contribution in [2.75, 3.05) is 19.4 Å². The minimum Gasteiger partial charge on any atom is -0.457 e. The summed E-state index contributed by atoms with van der Waals surface area (Å²) in [6, 6.07) is 10.5. The van der Waals surface area contributed by atoms with Crippen LogP contribution in [0.3, 0.4) is 0 Å². The minimum atomic E-state index is -1.88. The monoisotopic (exact) mass is 797 g/mol. The van der Waals surface area contributed by atoms with Crippen molar-refractivity contribution in [3.63, 3.8) is 0 Å². The molecule has 0 radical (unpaired) electrons. The topological polar surface area (TPSA) is 140 Å². The minimum absolute atomic E-state index is 0.128. The SMILES string of the molecule is CN1C(=O)[C@]23SS[C@@]1(C)C(=O)N2[C@H]1Cc2ccc(F)cc2[C@@]1([C@@]12c4ccccc4N[C@@H]1N1C(=O)[C@]4(C)SS[C@]1(C(=O)N4C)[C@H]2OC(=O)C(C)(C)C)[C@@H]3O. The third-order valence-electron chi connectivity index (χ3n) is 13.3. The Morgan fingerprint density at radius 3 is 2.11 bits per heavy atom. The highest BCUT2D eigenvalue weighted by molar-refractivity contribution is 8.78. The molecule has 8 fully saturated rings. The second-order valence-corrected chi connectivity index (χ2v) is 22.1. The maximum absolute atomic E-state index is 15.9. The van der Waals surface area contributed by atoms with Gasteiger partial charge in [0.05, 0.1) is 22.3 Å². The number of aliphatic hydroxyl groups is 1. The van der Waals surface area contributed by atoms with Crippen LogP contribution in [0.15, 0.2) is 42.5 Å². The van der Waals surface area contributed by atoms with E-state index >= 15 is 14.0 Å². The van der Waals surface area contributed by atoms with E-state index in [4.69, 9.17) is 4.74 Å². The van der Waals surface area contributed by atoms with Gasteiger partial charge in [-0.1, -0.05) is 45.9 Å². The van der Waals surface area contributed by atoms with Gasteiger partial charge in [-0.05, 0) is 97.5 Å². The van der Waals surface area contributed by atoms with Gasteiger partial charge in [-0.25, -0.2) is 4.39 Å². The number of hydrogen-bond acceptors (Lipinski definition) is 12. The molecule has 53 heavy (non-hydrogen) atoms. The third-order valence-corrected chi connectivity index (χ3v) is 20.7. The van der Waals surface area contributed by atoms with Crippen molar-refractivity contribution < 1.29 is 38.2 Å². The fourth-order valence-electron chi connectivity index (χ4n) is 10.7. The first-order valence-electron chi connectivity index (χ1n) is 17.4. The lowest BCUT2D eigenvalue weighted by Gasteiger charge is -2.58. The number of amides is 4. The molecule has 12 nitrogen and oxygen atoms in total. The van der Waals surface area contributed by atoms with Crippen molar-refractivity contribution >= 4 is 78.5 Å². The largest absolute Gasteiger partial charge is 0.457 e. The number of para-hydroxylation sites is 1. The van der Waals surface area contributed by atoms with Crippen LogP contribution in [-0.2, 0) is 46.0 Å². The Kier molecular flexibility index (Phi) is 6.36. The number of rotatable bonds is 2. The molecule has 9 heterocycles. The van der Waals surface area contributed by atoms with Crippen molar-refractivity contribution in [3.8, 4) is 0 Å². The highest BCUT2D eigenvalue weighted by Crippen LogP contribution is 2.79. The number of carbonyl (C=O) groups excluding carboxylic acids is 5. The molecule has 2 spiro atoms. The van der Waals surface area contributed by atoms with Crippen LogP contribution in [0.5, 0.6) is 0 Å². The fourth-order valence-corrected chi connectivity index (χ4v) is 17.8. The maximum Gasteiger partial charge on any atom is 0.311 e. The zero-order valence-corrected chi connectivity index (χ0v) is 33.0. The lowest BCUT2D eigenvalue weighted by atomic mass is 9.51. The van der Waals surface area contributed by atoms with E-state index in [9.17, 15) is 19.5 Å². The standard InChI is InChI=1S/C36H36FN5O7S4/c1-30(2,3)29(48)49-23-34(18-10-8-9-11-20(18)38-24(34)42-26(45)32(5)40(7)28(47)36(23,42)53-51-32)33-19-15-17(37)13-12-16(19)14-21(33)41-25(44)31(4)39(6)27(46)35(41,22(33)43)52-50-31/h8-13,15,21-24,38,43H,14H2,1-7H3/t21-,22-,23-,24+,31-,32-,33-,34+,35-,36-/m0/s1. The number of ether oxygens (including phenoxy) is 1. The van der Waals surface area contributed by atoms with E-state index in [1.807, 2.05) is 18.2 Å². The molecule has 278 valence electrons. The Bertz CT molecular complexity index is 2170. The van der Waals surface area contributed by atoms with Crippen LogP contribution in [0.1, 0.15) is 51.3 Å². The Morgan fingerprint density at radius 1 is 0.849 bits per heavy atom. The molecule has 4 bridgehead atoms. The summed E-state index contributed by atoms with van der Waals surface area (Å²) < 4.78 is 22.7. The molecule has 1 aliphatic carbocycles. The Hall–Kier alpha value is -3.12. The van der Waals surface area contributed by atoms with E-state index in [0.29, 0.717) is 22.4 Å². The van der Waals surface area contributed by atoms with Crippen molar-refractivity contribution in [3.05, 3.63) is 65.0 Å². The number of anilines is 1. The molecule has 2 aromatic carbocycles. The summed E-state index contributed by atoms with van der Waals surface area (Å²) in [5.74, 6) is -3.03. The average molecular weight is 798 g/mol. The molecule has 0 saturated carbocycles. The van der Waals surface area contributed by atoms with E-state index in [1.165, 1.54) is 53.3 Å². The van der Waals surface area contributed by atoms with E-state index < -0.39 is 95.6 Å². The first kappa shape index (κ1) is 34.4.